The first-order valence-electron chi connectivity index (χ1n) is 10.8. The number of esters is 1. The van der Waals surface area contributed by atoms with Gasteiger partial charge in [0.25, 0.3) is 0 Å². The predicted octanol–water partition coefficient (Wildman–Crippen LogP) is 4.53. The molecule has 172 valence electrons. The lowest BCUT2D eigenvalue weighted by molar-refractivity contribution is -0.164. The molecule has 0 radical (unpaired) electrons. The van der Waals surface area contributed by atoms with Crippen LogP contribution in [0.25, 0.3) is 0 Å². The van der Waals surface area contributed by atoms with Crippen LogP contribution in [0.4, 0.5) is 4.79 Å². The summed E-state index contributed by atoms with van der Waals surface area (Å²) in [4.78, 5) is 26.4. The fraction of sp³-hybridized carbons (Fsp3) is 0.192. The van der Waals surface area contributed by atoms with E-state index in [-0.39, 0.29) is 19.3 Å². The molecule has 0 fully saturated rings. The van der Waals surface area contributed by atoms with Crippen molar-refractivity contribution in [3.8, 4) is 5.75 Å². The van der Waals surface area contributed by atoms with Gasteiger partial charge >= 0.3 is 23.9 Å². The molecule has 0 aromatic heterocycles. The Bertz CT molecular complexity index is 1280. The third-order valence-corrected chi connectivity index (χ3v) is 5.67. The van der Waals surface area contributed by atoms with Crippen LogP contribution in [-0.2, 0) is 37.9 Å². The van der Waals surface area contributed by atoms with Gasteiger partial charge in [0.1, 0.15) is 19.0 Å². The molecule has 0 N–H and O–H groups in total. The fourth-order valence-corrected chi connectivity index (χ4v) is 3.96. The number of hydrogen-bond acceptors (Lipinski definition) is 7. The van der Waals surface area contributed by atoms with Crippen molar-refractivity contribution < 1.29 is 28.5 Å². The number of nitrogens with zero attached hydrogens (tertiary/aromatic N) is 2. The summed E-state index contributed by atoms with van der Waals surface area (Å²) in [6, 6.07) is 22.3. The van der Waals surface area contributed by atoms with Gasteiger partial charge in [-0.3, -0.25) is 0 Å². The second kappa shape index (κ2) is 8.55. The van der Waals surface area contributed by atoms with E-state index in [4.69, 9.17) is 18.9 Å². The van der Waals surface area contributed by atoms with Crippen LogP contribution in [0.5, 0.6) is 5.75 Å². The van der Waals surface area contributed by atoms with E-state index in [0.717, 1.165) is 21.7 Å². The summed E-state index contributed by atoms with van der Waals surface area (Å²) in [5.41, 5.74) is 1.52. The van der Waals surface area contributed by atoms with E-state index >= 15 is 0 Å². The molecule has 0 bridgehead atoms. The molecule has 1 amide bonds. The molecule has 3 aromatic rings. The lowest BCUT2D eigenvalue weighted by Gasteiger charge is -2.27. The Balaban J connectivity index is 1.48. The minimum atomic E-state index is -1.97. The number of fused-ring (bicyclic) bond motifs is 2. The standard InChI is InChI=1S/C26H22N2O6/c1-17-13-14-18(2)22-21(17)26(23(29)33-22)28(25(30)32-16-20-11-7-4-8-12-20)27-24(34-26)31-15-19-9-5-3-6-10-19/h3-14H,15-16H2,1-2H3. The molecule has 34 heavy (non-hydrogen) atoms. The van der Waals surface area contributed by atoms with Gasteiger partial charge in [0.15, 0.2) is 0 Å². The molecule has 1 spiro atoms. The quantitative estimate of drug-likeness (QED) is 0.422. The van der Waals surface area contributed by atoms with E-state index in [9.17, 15) is 9.59 Å². The number of carbonyl (C=O) groups is 2. The predicted molar refractivity (Wildman–Crippen MR) is 121 cm³/mol. The molecule has 5 rings (SSSR count). The average molecular weight is 458 g/mol. The normalized spacial score (nSPS) is 18.2. The van der Waals surface area contributed by atoms with Gasteiger partial charge < -0.3 is 18.9 Å². The number of benzene rings is 3. The maximum atomic E-state index is 13.2. The molecule has 0 saturated heterocycles. The highest BCUT2D eigenvalue weighted by Crippen LogP contribution is 2.49. The number of aryl methyl sites for hydroxylation is 2. The zero-order chi connectivity index (χ0) is 23.7. The summed E-state index contributed by atoms with van der Waals surface area (Å²) in [6.45, 7) is 3.75. The number of rotatable bonds is 4. The molecule has 3 aromatic carbocycles. The molecule has 8 heteroatoms. The van der Waals surface area contributed by atoms with Gasteiger partial charge in [-0.15, -0.1) is 5.01 Å². The molecular weight excluding hydrogens is 436 g/mol. The molecule has 2 heterocycles. The number of hydrazone groups is 1. The van der Waals surface area contributed by atoms with E-state index in [0.29, 0.717) is 16.9 Å². The maximum absolute atomic E-state index is 13.2. The Morgan fingerprint density at radius 3 is 2.21 bits per heavy atom. The van der Waals surface area contributed by atoms with E-state index in [1.165, 1.54) is 0 Å². The summed E-state index contributed by atoms with van der Waals surface area (Å²) < 4.78 is 22.7. The van der Waals surface area contributed by atoms with Crippen molar-refractivity contribution in [1.29, 1.82) is 0 Å². The van der Waals surface area contributed by atoms with Crippen molar-refractivity contribution >= 4 is 18.1 Å². The molecule has 2 aliphatic heterocycles. The molecule has 1 unspecified atom stereocenters. The zero-order valence-electron chi connectivity index (χ0n) is 18.7. The van der Waals surface area contributed by atoms with Crippen LogP contribution < -0.4 is 4.74 Å². The topological polar surface area (TPSA) is 86.7 Å². The number of ether oxygens (including phenoxy) is 4. The Morgan fingerprint density at radius 2 is 1.53 bits per heavy atom. The first kappa shape index (κ1) is 21.5. The minimum Gasteiger partial charge on any atom is -0.444 e. The van der Waals surface area contributed by atoms with Gasteiger partial charge in [0.05, 0.1) is 5.56 Å². The van der Waals surface area contributed by atoms with Crippen LogP contribution in [0.15, 0.2) is 77.9 Å². The fourth-order valence-electron chi connectivity index (χ4n) is 3.96. The molecule has 0 aliphatic carbocycles. The van der Waals surface area contributed by atoms with Crippen LogP contribution >= 0.6 is 0 Å². The summed E-state index contributed by atoms with van der Waals surface area (Å²) in [5, 5.41) is 5.07. The largest absolute Gasteiger partial charge is 0.444 e. The number of carbonyl (C=O) groups excluding carboxylic acids is 2. The third kappa shape index (κ3) is 3.63. The van der Waals surface area contributed by atoms with Crippen molar-refractivity contribution in [1.82, 2.24) is 5.01 Å². The number of hydrogen-bond donors (Lipinski definition) is 0. The Hall–Kier alpha value is -4.33. The van der Waals surface area contributed by atoms with Gasteiger partial charge in [-0.25, -0.2) is 9.59 Å². The maximum Gasteiger partial charge on any atom is 0.435 e. The van der Waals surface area contributed by atoms with Gasteiger partial charge in [-0.2, -0.15) is 0 Å². The molecule has 0 saturated carbocycles. The van der Waals surface area contributed by atoms with E-state index in [2.05, 4.69) is 5.10 Å². The summed E-state index contributed by atoms with van der Waals surface area (Å²) in [6.07, 6.45) is -1.10. The van der Waals surface area contributed by atoms with Gasteiger partial charge in [-0.05, 0) is 36.1 Å². The second-order valence-corrected chi connectivity index (χ2v) is 8.03. The summed E-state index contributed by atoms with van der Waals surface area (Å²) in [5.74, 6) is -0.455. The van der Waals surface area contributed by atoms with Crippen molar-refractivity contribution in [2.45, 2.75) is 32.8 Å². The highest BCUT2D eigenvalue weighted by molar-refractivity contribution is 5.96. The van der Waals surface area contributed by atoms with Gasteiger partial charge in [-0.1, -0.05) is 77.9 Å². The highest BCUT2D eigenvalue weighted by Gasteiger charge is 2.65. The van der Waals surface area contributed by atoms with Gasteiger partial charge in [0, 0.05) is 0 Å². The Morgan fingerprint density at radius 1 is 0.912 bits per heavy atom. The summed E-state index contributed by atoms with van der Waals surface area (Å²) >= 11 is 0. The molecule has 8 nitrogen and oxygen atoms in total. The SMILES string of the molecule is Cc1ccc(C)c2c1OC(=O)C21OC(OCc2ccccc2)=NN1C(=O)OCc1ccccc1. The van der Waals surface area contributed by atoms with Crippen molar-refractivity contribution in [2.75, 3.05) is 0 Å². The van der Waals surface area contributed by atoms with Gasteiger partial charge in [0.2, 0.25) is 0 Å². The van der Waals surface area contributed by atoms with E-state index < -0.39 is 17.8 Å². The van der Waals surface area contributed by atoms with E-state index in [1.54, 1.807) is 0 Å². The van der Waals surface area contributed by atoms with Crippen molar-refractivity contribution in [2.24, 2.45) is 5.10 Å². The van der Waals surface area contributed by atoms with Crippen LogP contribution in [0.2, 0.25) is 0 Å². The third-order valence-electron chi connectivity index (χ3n) is 5.67. The van der Waals surface area contributed by atoms with Crippen molar-refractivity contribution in [3.63, 3.8) is 0 Å². The molecular formula is C26H22N2O6. The highest BCUT2D eigenvalue weighted by atomic mass is 16.7. The monoisotopic (exact) mass is 458 g/mol. The Labute approximate surface area is 196 Å². The number of amides is 1. The lowest BCUT2D eigenvalue weighted by Crippen LogP contribution is -2.50. The molecule has 2 aliphatic rings. The molecule has 1 atom stereocenters. The minimum absolute atomic E-state index is 0.00329. The van der Waals surface area contributed by atoms with Crippen LogP contribution in [-0.4, -0.2) is 23.2 Å². The lowest BCUT2D eigenvalue weighted by atomic mass is 9.96. The Kier molecular flexibility index (Phi) is 5.41. The van der Waals surface area contributed by atoms with Crippen LogP contribution in [0, 0.1) is 13.8 Å². The van der Waals surface area contributed by atoms with Crippen molar-refractivity contribution in [3.05, 3.63) is 101 Å². The smallest absolute Gasteiger partial charge is 0.435 e. The first-order chi connectivity index (χ1) is 16.5. The second-order valence-electron chi connectivity index (χ2n) is 8.03. The van der Waals surface area contributed by atoms with Crippen LogP contribution in [0.3, 0.4) is 0 Å². The van der Waals surface area contributed by atoms with E-state index in [1.807, 2.05) is 86.6 Å². The van der Waals surface area contributed by atoms with Crippen LogP contribution in [0.1, 0.15) is 27.8 Å². The first-order valence-corrected chi connectivity index (χ1v) is 10.8. The summed E-state index contributed by atoms with van der Waals surface area (Å²) in [7, 11) is 0. The zero-order valence-corrected chi connectivity index (χ0v) is 18.7. The average Bonchev–Trinajstić information content (AvgIpc) is 3.39.